The van der Waals surface area contributed by atoms with Crippen LogP contribution in [0.15, 0.2) is 53.7 Å². The number of rotatable bonds is 5. The molecular formula is C22H28Cl2N4OS. The van der Waals surface area contributed by atoms with Gasteiger partial charge in [0.25, 0.3) is 5.91 Å². The van der Waals surface area contributed by atoms with E-state index in [1.807, 2.05) is 60.4 Å². The third kappa shape index (κ3) is 5.49. The van der Waals surface area contributed by atoms with Crippen molar-refractivity contribution < 1.29 is 4.79 Å². The van der Waals surface area contributed by atoms with Crippen molar-refractivity contribution in [2.24, 2.45) is 11.7 Å². The Morgan fingerprint density at radius 1 is 1.23 bits per heavy atom. The average Bonchev–Trinajstić information content (AvgIpc) is 3.15. The van der Waals surface area contributed by atoms with E-state index in [1.165, 1.54) is 0 Å². The molecule has 2 atom stereocenters. The van der Waals surface area contributed by atoms with Crippen LogP contribution < -0.4 is 5.73 Å². The van der Waals surface area contributed by atoms with Gasteiger partial charge in [-0.15, -0.1) is 24.8 Å². The number of nitrogens with two attached hydrogens (primary N) is 1. The smallest absolute Gasteiger partial charge is 0.254 e. The Morgan fingerprint density at radius 2 is 1.97 bits per heavy atom. The number of piperidine rings is 1. The van der Waals surface area contributed by atoms with Crippen molar-refractivity contribution in [3.8, 4) is 0 Å². The van der Waals surface area contributed by atoms with Crippen molar-refractivity contribution in [1.29, 1.82) is 0 Å². The van der Waals surface area contributed by atoms with Crippen LogP contribution in [0.25, 0.3) is 11.0 Å². The molecule has 162 valence electrons. The molecule has 2 unspecified atom stereocenters. The van der Waals surface area contributed by atoms with E-state index in [-0.39, 0.29) is 36.8 Å². The van der Waals surface area contributed by atoms with E-state index in [0.717, 1.165) is 53.2 Å². The van der Waals surface area contributed by atoms with Crippen molar-refractivity contribution in [3.63, 3.8) is 0 Å². The average molecular weight is 467 g/mol. The van der Waals surface area contributed by atoms with Gasteiger partial charge in [-0.25, -0.2) is 4.98 Å². The van der Waals surface area contributed by atoms with Crippen LogP contribution in [0.4, 0.5) is 0 Å². The van der Waals surface area contributed by atoms with Crippen LogP contribution in [0.5, 0.6) is 0 Å². The van der Waals surface area contributed by atoms with Gasteiger partial charge < -0.3 is 15.6 Å². The summed E-state index contributed by atoms with van der Waals surface area (Å²) in [6.45, 7) is 3.60. The number of H-pyrrole nitrogens is 1. The van der Waals surface area contributed by atoms with Gasteiger partial charge in [-0.2, -0.15) is 0 Å². The van der Waals surface area contributed by atoms with Crippen LogP contribution in [0, 0.1) is 5.92 Å². The molecule has 1 amide bonds. The third-order valence-electron chi connectivity index (χ3n) is 5.47. The number of nitrogens with one attached hydrogen (secondary N) is 1. The van der Waals surface area contributed by atoms with Crippen LogP contribution in [0.1, 0.15) is 35.7 Å². The Kier molecular flexibility index (Phi) is 9.04. The van der Waals surface area contributed by atoms with E-state index < -0.39 is 0 Å². The molecule has 0 aliphatic carbocycles. The summed E-state index contributed by atoms with van der Waals surface area (Å²) < 4.78 is 0. The number of hydrogen-bond acceptors (Lipinski definition) is 4. The normalized spacial score (nSPS) is 17.1. The van der Waals surface area contributed by atoms with Gasteiger partial charge in [0.05, 0.1) is 11.0 Å². The molecule has 1 aromatic heterocycles. The highest BCUT2D eigenvalue weighted by Gasteiger charge is 2.27. The largest absolute Gasteiger partial charge is 0.338 e. The molecule has 5 nitrogen and oxygen atoms in total. The number of imidazole rings is 1. The van der Waals surface area contributed by atoms with Gasteiger partial charge in [-0.3, -0.25) is 4.79 Å². The summed E-state index contributed by atoms with van der Waals surface area (Å²) in [5, 5.41) is 0.874. The lowest BCUT2D eigenvalue weighted by Crippen LogP contribution is -2.45. The van der Waals surface area contributed by atoms with Crippen LogP contribution >= 0.6 is 36.6 Å². The number of hydrogen-bond donors (Lipinski definition) is 2. The number of nitrogens with zero attached hydrogens (tertiary/aromatic N) is 2. The zero-order valence-corrected chi connectivity index (χ0v) is 19.4. The molecule has 0 bridgehead atoms. The van der Waals surface area contributed by atoms with Gasteiger partial charge in [-0.05, 0) is 49.4 Å². The first-order valence-electron chi connectivity index (χ1n) is 9.82. The first-order chi connectivity index (χ1) is 13.6. The molecular weight excluding hydrogens is 439 g/mol. The summed E-state index contributed by atoms with van der Waals surface area (Å²) in [4.78, 5) is 23.1. The maximum atomic E-state index is 13.2. The predicted octanol–water partition coefficient (Wildman–Crippen LogP) is 4.90. The van der Waals surface area contributed by atoms with Gasteiger partial charge in [0.15, 0.2) is 5.16 Å². The SMILES string of the molecule is CC(N)C1CCCN(C(=O)c2ccccc2CSc2nc3ccccc3[nH]2)C1.Cl.Cl. The van der Waals surface area contributed by atoms with Crippen molar-refractivity contribution in [1.82, 2.24) is 14.9 Å². The van der Waals surface area contributed by atoms with Gasteiger partial charge in [0, 0.05) is 30.4 Å². The topological polar surface area (TPSA) is 75.0 Å². The number of carbonyl (C=O) groups excluding carboxylic acids is 1. The highest BCUT2D eigenvalue weighted by molar-refractivity contribution is 7.98. The zero-order chi connectivity index (χ0) is 19.5. The van der Waals surface area contributed by atoms with Gasteiger partial charge in [-0.1, -0.05) is 42.1 Å². The highest BCUT2D eigenvalue weighted by Crippen LogP contribution is 2.26. The number of amides is 1. The molecule has 8 heteroatoms. The lowest BCUT2D eigenvalue weighted by molar-refractivity contribution is 0.0660. The fourth-order valence-electron chi connectivity index (χ4n) is 3.79. The van der Waals surface area contributed by atoms with Crippen LogP contribution in [-0.2, 0) is 5.75 Å². The molecule has 2 heterocycles. The molecule has 3 N–H and O–H groups in total. The summed E-state index contributed by atoms with van der Waals surface area (Å²) in [6.07, 6.45) is 2.12. The lowest BCUT2D eigenvalue weighted by atomic mass is 9.91. The van der Waals surface area contributed by atoms with Gasteiger partial charge in [0.2, 0.25) is 0 Å². The predicted molar refractivity (Wildman–Crippen MR) is 129 cm³/mol. The van der Waals surface area contributed by atoms with E-state index in [1.54, 1.807) is 11.8 Å². The molecule has 0 saturated carbocycles. The Bertz CT molecular complexity index is 945. The van der Waals surface area contributed by atoms with Crippen molar-refractivity contribution in [2.75, 3.05) is 13.1 Å². The summed E-state index contributed by atoms with van der Waals surface area (Å²) >= 11 is 1.63. The van der Waals surface area contributed by atoms with E-state index in [9.17, 15) is 4.79 Å². The quantitative estimate of drug-likeness (QED) is 0.524. The maximum Gasteiger partial charge on any atom is 0.254 e. The molecule has 1 aliphatic rings. The first-order valence-corrected chi connectivity index (χ1v) is 10.8. The molecule has 1 fully saturated rings. The number of benzene rings is 2. The number of aromatic amines is 1. The minimum atomic E-state index is 0. The summed E-state index contributed by atoms with van der Waals surface area (Å²) in [5.41, 5.74) is 9.92. The second-order valence-electron chi connectivity index (χ2n) is 7.52. The number of carbonyl (C=O) groups is 1. The zero-order valence-electron chi connectivity index (χ0n) is 16.9. The molecule has 2 aromatic carbocycles. The Balaban J connectivity index is 0.00000160. The Morgan fingerprint density at radius 3 is 2.73 bits per heavy atom. The Labute approximate surface area is 194 Å². The Hall–Kier alpha value is -1.73. The minimum Gasteiger partial charge on any atom is -0.338 e. The van der Waals surface area contributed by atoms with E-state index >= 15 is 0 Å². The molecule has 3 aromatic rings. The highest BCUT2D eigenvalue weighted by atomic mass is 35.5. The van der Waals surface area contributed by atoms with Gasteiger partial charge >= 0.3 is 0 Å². The number of thioether (sulfide) groups is 1. The van der Waals surface area contributed by atoms with E-state index in [2.05, 4.69) is 9.97 Å². The van der Waals surface area contributed by atoms with Gasteiger partial charge in [0.1, 0.15) is 0 Å². The standard InChI is InChI=1S/C22H26N4OS.2ClH/c1-15(23)16-8-6-12-26(13-16)21(27)18-9-3-2-7-17(18)14-28-22-24-19-10-4-5-11-20(19)25-22;;/h2-5,7,9-11,15-16H,6,8,12-14,23H2,1H3,(H,24,25);2*1H. The first kappa shape index (κ1) is 24.5. The second-order valence-corrected chi connectivity index (χ2v) is 8.48. The van der Waals surface area contributed by atoms with Crippen LogP contribution in [0.2, 0.25) is 0 Å². The molecule has 1 saturated heterocycles. The molecule has 1 aliphatic heterocycles. The van der Waals surface area contributed by atoms with Crippen molar-refractivity contribution in [3.05, 3.63) is 59.7 Å². The molecule has 0 radical (unpaired) electrons. The molecule has 30 heavy (non-hydrogen) atoms. The maximum absolute atomic E-state index is 13.2. The minimum absolute atomic E-state index is 0. The number of fused-ring (bicyclic) bond motifs is 1. The molecule has 4 rings (SSSR count). The summed E-state index contributed by atoms with van der Waals surface area (Å²) in [6, 6.07) is 16.0. The van der Waals surface area contributed by atoms with Crippen LogP contribution in [-0.4, -0.2) is 39.9 Å². The molecule has 0 spiro atoms. The number of halogens is 2. The van der Waals surface area contributed by atoms with E-state index in [0.29, 0.717) is 11.7 Å². The lowest BCUT2D eigenvalue weighted by Gasteiger charge is -2.35. The number of likely N-dealkylation sites (tertiary alicyclic amines) is 1. The third-order valence-corrected chi connectivity index (χ3v) is 6.39. The van der Waals surface area contributed by atoms with Crippen LogP contribution in [0.3, 0.4) is 0 Å². The van der Waals surface area contributed by atoms with E-state index in [4.69, 9.17) is 5.73 Å². The summed E-state index contributed by atoms with van der Waals surface area (Å²) in [5.74, 6) is 1.20. The summed E-state index contributed by atoms with van der Waals surface area (Å²) in [7, 11) is 0. The fraction of sp³-hybridized carbons (Fsp3) is 0.364. The monoisotopic (exact) mass is 466 g/mol. The fourth-order valence-corrected chi connectivity index (χ4v) is 4.68. The number of para-hydroxylation sites is 2. The van der Waals surface area contributed by atoms with Crippen molar-refractivity contribution in [2.45, 2.75) is 36.7 Å². The number of aromatic nitrogens is 2. The van der Waals surface area contributed by atoms with Crippen molar-refractivity contribution >= 4 is 53.5 Å². The second kappa shape index (κ2) is 11.0.